The number of thioether (sulfide) groups is 1. The van der Waals surface area contributed by atoms with Crippen LogP contribution < -0.4 is 5.32 Å². The van der Waals surface area contributed by atoms with Crippen LogP contribution in [-0.4, -0.2) is 18.5 Å². The highest BCUT2D eigenvalue weighted by atomic mass is 32.2. The van der Waals surface area contributed by atoms with Crippen molar-refractivity contribution in [1.29, 1.82) is 0 Å². The highest BCUT2D eigenvalue weighted by Crippen LogP contribution is 2.42. The number of rotatable bonds is 7. The molecule has 0 saturated heterocycles. The molecule has 0 bridgehead atoms. The number of hydrogen-bond donors (Lipinski definition) is 1. The summed E-state index contributed by atoms with van der Waals surface area (Å²) >= 11 is 3.03. The third-order valence-electron chi connectivity index (χ3n) is 5.57. The minimum atomic E-state index is -0.438. The second-order valence-electron chi connectivity index (χ2n) is 7.99. The van der Waals surface area contributed by atoms with E-state index in [0.29, 0.717) is 23.1 Å². The summed E-state index contributed by atoms with van der Waals surface area (Å²) in [5.41, 5.74) is 2.52. The maximum atomic E-state index is 13.5. The van der Waals surface area contributed by atoms with Gasteiger partial charge >= 0.3 is 5.97 Å². The molecule has 2 aromatic carbocycles. The first-order valence-electron chi connectivity index (χ1n) is 11.0. The number of amides is 1. The third-order valence-corrected chi connectivity index (χ3v) is 8.00. The third kappa shape index (κ3) is 5.08. The number of ether oxygens (including phenoxy) is 1. The van der Waals surface area contributed by atoms with E-state index in [-0.39, 0.29) is 11.9 Å². The number of hydrogen-bond acceptors (Lipinski definition) is 5. The molecule has 1 aromatic heterocycles. The first-order valence-corrected chi connectivity index (χ1v) is 12.7. The van der Waals surface area contributed by atoms with Gasteiger partial charge in [0.05, 0.1) is 12.2 Å². The van der Waals surface area contributed by atoms with Gasteiger partial charge in [0.1, 0.15) is 10.3 Å². The molecule has 0 spiro atoms. The molecule has 0 saturated carbocycles. The van der Waals surface area contributed by atoms with E-state index in [9.17, 15) is 9.59 Å². The normalized spacial score (nSPS) is 16.1. The van der Waals surface area contributed by atoms with Gasteiger partial charge in [-0.25, -0.2) is 4.79 Å². The van der Waals surface area contributed by atoms with Gasteiger partial charge in [0.2, 0.25) is 5.91 Å². The standard InChI is InChI=1S/C26H27NO3S2/c1-3-30-26(29)22-20-15-14-17(2)16-21(20)32-25(22)27-24(28)23(18-10-6-4-7-11-18)31-19-12-8-5-9-13-19/h4-13,17,23H,3,14-16H2,1-2H3,(H,27,28)/t17-,23-/m1/s1. The van der Waals surface area contributed by atoms with Crippen molar-refractivity contribution in [1.82, 2.24) is 0 Å². The molecule has 6 heteroatoms. The van der Waals surface area contributed by atoms with Crippen molar-refractivity contribution in [3.8, 4) is 0 Å². The Balaban J connectivity index is 1.66. The molecule has 1 heterocycles. The van der Waals surface area contributed by atoms with Gasteiger partial charge in [0.15, 0.2) is 0 Å². The van der Waals surface area contributed by atoms with E-state index >= 15 is 0 Å². The molecule has 1 N–H and O–H groups in total. The van der Waals surface area contributed by atoms with Crippen LogP contribution in [0.4, 0.5) is 5.00 Å². The second kappa shape index (κ2) is 10.4. The van der Waals surface area contributed by atoms with Crippen LogP contribution in [0.15, 0.2) is 65.6 Å². The van der Waals surface area contributed by atoms with Crippen LogP contribution in [0.1, 0.15) is 51.9 Å². The predicted octanol–water partition coefficient (Wildman–Crippen LogP) is 6.52. The number of benzene rings is 2. The molecule has 4 rings (SSSR count). The van der Waals surface area contributed by atoms with E-state index in [2.05, 4.69) is 12.2 Å². The van der Waals surface area contributed by atoms with Crippen molar-refractivity contribution in [3.63, 3.8) is 0 Å². The van der Waals surface area contributed by atoms with Crippen molar-refractivity contribution >= 4 is 40.0 Å². The fraction of sp³-hybridized carbons (Fsp3) is 0.308. The van der Waals surface area contributed by atoms with Gasteiger partial charge in [-0.1, -0.05) is 55.5 Å². The van der Waals surface area contributed by atoms with Gasteiger partial charge in [-0.15, -0.1) is 23.1 Å². The number of thiophene rings is 1. The SMILES string of the molecule is CCOC(=O)c1c(NC(=O)[C@H](Sc2ccccc2)c2ccccc2)sc2c1CC[C@@H](C)C2. The first-order chi connectivity index (χ1) is 15.6. The van der Waals surface area contributed by atoms with E-state index in [1.807, 2.05) is 60.7 Å². The molecule has 0 fully saturated rings. The molecule has 0 aliphatic heterocycles. The molecule has 1 aliphatic carbocycles. The van der Waals surface area contributed by atoms with E-state index in [1.54, 1.807) is 6.92 Å². The monoisotopic (exact) mass is 465 g/mol. The van der Waals surface area contributed by atoms with Crippen molar-refractivity contribution in [2.45, 2.75) is 43.3 Å². The maximum absolute atomic E-state index is 13.5. The van der Waals surface area contributed by atoms with Gasteiger partial charge < -0.3 is 10.1 Å². The number of carbonyl (C=O) groups is 2. The average molecular weight is 466 g/mol. The van der Waals surface area contributed by atoms with Crippen LogP contribution in [0.3, 0.4) is 0 Å². The summed E-state index contributed by atoms with van der Waals surface area (Å²) in [6, 6.07) is 19.7. The number of anilines is 1. The van der Waals surface area contributed by atoms with Crippen LogP contribution in [0.25, 0.3) is 0 Å². The molecule has 166 valence electrons. The van der Waals surface area contributed by atoms with Crippen molar-refractivity contribution < 1.29 is 14.3 Å². The van der Waals surface area contributed by atoms with Crippen LogP contribution in [-0.2, 0) is 22.4 Å². The Kier molecular flexibility index (Phi) is 7.33. The second-order valence-corrected chi connectivity index (χ2v) is 10.3. The van der Waals surface area contributed by atoms with E-state index in [0.717, 1.165) is 35.3 Å². The first kappa shape index (κ1) is 22.6. The highest BCUT2D eigenvalue weighted by Gasteiger charge is 2.31. The Morgan fingerprint density at radius 2 is 1.81 bits per heavy atom. The Labute approximate surface area is 197 Å². The largest absolute Gasteiger partial charge is 0.462 e. The van der Waals surface area contributed by atoms with Crippen LogP contribution >= 0.6 is 23.1 Å². The molecule has 1 amide bonds. The van der Waals surface area contributed by atoms with Crippen LogP contribution in [0.5, 0.6) is 0 Å². The molecule has 1 aliphatic rings. The molecular formula is C26H27NO3S2. The zero-order valence-corrected chi connectivity index (χ0v) is 19.9. The number of esters is 1. The Morgan fingerprint density at radius 3 is 2.50 bits per heavy atom. The number of nitrogens with one attached hydrogen (secondary N) is 1. The van der Waals surface area contributed by atoms with Crippen LogP contribution in [0.2, 0.25) is 0 Å². The molecule has 32 heavy (non-hydrogen) atoms. The van der Waals surface area contributed by atoms with Gasteiger partial charge in [-0.05, 0) is 55.4 Å². The van der Waals surface area contributed by atoms with Gasteiger partial charge in [-0.3, -0.25) is 4.79 Å². The Morgan fingerprint density at radius 1 is 1.12 bits per heavy atom. The summed E-state index contributed by atoms with van der Waals surface area (Å²) in [6.45, 7) is 4.34. The lowest BCUT2D eigenvalue weighted by Gasteiger charge is -2.18. The van der Waals surface area contributed by atoms with Crippen molar-refractivity contribution in [2.75, 3.05) is 11.9 Å². The number of carbonyl (C=O) groups excluding carboxylic acids is 2. The smallest absolute Gasteiger partial charge is 0.341 e. The lowest BCUT2D eigenvalue weighted by Crippen LogP contribution is -2.20. The molecule has 3 aromatic rings. The summed E-state index contributed by atoms with van der Waals surface area (Å²) in [5, 5.41) is 3.27. The van der Waals surface area contributed by atoms with Crippen molar-refractivity contribution in [2.24, 2.45) is 5.92 Å². The van der Waals surface area contributed by atoms with E-state index < -0.39 is 5.25 Å². The Bertz CT molecular complexity index is 1080. The summed E-state index contributed by atoms with van der Waals surface area (Å²) in [6.07, 6.45) is 2.82. The zero-order valence-electron chi connectivity index (χ0n) is 18.3. The van der Waals surface area contributed by atoms with Crippen molar-refractivity contribution in [3.05, 3.63) is 82.2 Å². The quantitative estimate of drug-likeness (QED) is 0.319. The summed E-state index contributed by atoms with van der Waals surface area (Å²) < 4.78 is 5.35. The predicted molar refractivity (Wildman–Crippen MR) is 132 cm³/mol. The lowest BCUT2D eigenvalue weighted by molar-refractivity contribution is -0.115. The fourth-order valence-electron chi connectivity index (χ4n) is 3.97. The molecule has 0 radical (unpaired) electrons. The number of fused-ring (bicyclic) bond motifs is 1. The molecule has 2 atom stereocenters. The molecule has 0 unspecified atom stereocenters. The minimum Gasteiger partial charge on any atom is -0.462 e. The lowest BCUT2D eigenvalue weighted by atomic mass is 9.88. The summed E-state index contributed by atoms with van der Waals surface area (Å²) in [5.74, 6) is 0.0922. The van der Waals surface area contributed by atoms with Crippen LogP contribution in [0, 0.1) is 5.92 Å². The summed E-state index contributed by atoms with van der Waals surface area (Å²) in [4.78, 5) is 28.6. The Hall–Kier alpha value is -2.57. The molecule has 4 nitrogen and oxygen atoms in total. The van der Waals surface area contributed by atoms with E-state index in [4.69, 9.17) is 4.74 Å². The van der Waals surface area contributed by atoms with Gasteiger partial charge in [-0.2, -0.15) is 0 Å². The van der Waals surface area contributed by atoms with Gasteiger partial charge in [0.25, 0.3) is 0 Å². The highest BCUT2D eigenvalue weighted by molar-refractivity contribution is 8.00. The molecular weight excluding hydrogens is 438 g/mol. The van der Waals surface area contributed by atoms with Gasteiger partial charge in [0, 0.05) is 9.77 Å². The van der Waals surface area contributed by atoms with E-state index in [1.165, 1.54) is 28.0 Å². The topological polar surface area (TPSA) is 55.4 Å². The minimum absolute atomic E-state index is 0.137. The fourth-order valence-corrected chi connectivity index (χ4v) is 6.42. The summed E-state index contributed by atoms with van der Waals surface area (Å²) in [7, 11) is 0. The maximum Gasteiger partial charge on any atom is 0.341 e. The average Bonchev–Trinajstić information content (AvgIpc) is 3.15. The zero-order chi connectivity index (χ0) is 22.5.